The molecule has 3 fully saturated rings. The molecule has 4 atom stereocenters. The van der Waals surface area contributed by atoms with E-state index in [2.05, 4.69) is 32.6 Å². The highest BCUT2D eigenvalue weighted by Gasteiger charge is 2.48. The maximum Gasteiger partial charge on any atom is 0.0591 e. The van der Waals surface area contributed by atoms with Gasteiger partial charge >= 0.3 is 0 Å². The van der Waals surface area contributed by atoms with E-state index in [-0.39, 0.29) is 0 Å². The van der Waals surface area contributed by atoms with Gasteiger partial charge in [-0.3, -0.25) is 0 Å². The van der Waals surface area contributed by atoms with Crippen LogP contribution in [0.4, 0.5) is 0 Å². The van der Waals surface area contributed by atoms with Gasteiger partial charge < -0.3 is 5.11 Å². The zero-order valence-corrected chi connectivity index (χ0v) is 19.0. The monoisotopic (exact) mass is 384 g/mol. The molecule has 3 saturated carbocycles. The first-order valence-electron chi connectivity index (χ1n) is 12.0. The molecule has 3 aliphatic carbocycles. The number of unbranched alkanes of at least 4 members (excludes halogenated alkanes) is 1. The Morgan fingerprint density at radius 3 is 2.64 bits per heavy atom. The molecule has 0 radical (unpaired) electrons. The Kier molecular flexibility index (Phi) is 6.96. The van der Waals surface area contributed by atoms with E-state index in [4.69, 9.17) is 0 Å². The van der Waals surface area contributed by atoms with Crippen molar-refractivity contribution in [3.8, 4) is 0 Å². The molecule has 0 spiro atoms. The topological polar surface area (TPSA) is 20.2 Å². The minimum atomic E-state index is -0.503. The fourth-order valence-corrected chi connectivity index (χ4v) is 6.41. The molecule has 0 aromatic rings. The van der Waals surface area contributed by atoms with Gasteiger partial charge in [0.1, 0.15) is 0 Å². The van der Waals surface area contributed by atoms with Gasteiger partial charge in [0, 0.05) is 0 Å². The summed E-state index contributed by atoms with van der Waals surface area (Å²) in [5, 5.41) is 9.96. The smallest absolute Gasteiger partial charge is 0.0591 e. The first-order chi connectivity index (χ1) is 13.2. The van der Waals surface area contributed by atoms with Crippen LogP contribution in [0.15, 0.2) is 35.5 Å². The van der Waals surface area contributed by atoms with Crippen LogP contribution in [0.3, 0.4) is 0 Å². The van der Waals surface area contributed by atoms with Crippen LogP contribution in [0.1, 0.15) is 105 Å². The molecule has 0 aromatic heterocycles. The summed E-state index contributed by atoms with van der Waals surface area (Å²) in [5.41, 5.74) is 4.63. The van der Waals surface area contributed by atoms with Crippen molar-refractivity contribution in [2.45, 2.75) is 110 Å². The average Bonchev–Trinajstić information content (AvgIpc) is 2.94. The molecular formula is C27H44O. The Hall–Kier alpha value is -0.820. The third kappa shape index (κ3) is 5.21. The minimum Gasteiger partial charge on any atom is -0.390 e. The van der Waals surface area contributed by atoms with Crippen LogP contribution < -0.4 is 0 Å². The molecule has 1 nitrogen and oxygen atoms in total. The normalized spacial score (nSPS) is 36.9. The summed E-state index contributed by atoms with van der Waals surface area (Å²) >= 11 is 0. The average molecular weight is 385 g/mol. The van der Waals surface area contributed by atoms with Crippen LogP contribution in [-0.4, -0.2) is 10.7 Å². The Morgan fingerprint density at radius 2 is 1.93 bits per heavy atom. The van der Waals surface area contributed by atoms with Crippen molar-refractivity contribution in [1.82, 2.24) is 0 Å². The quantitative estimate of drug-likeness (QED) is 0.464. The lowest BCUT2D eigenvalue weighted by Gasteiger charge is -2.42. The molecule has 1 N–H and O–H groups in total. The third-order valence-electron chi connectivity index (χ3n) is 8.21. The summed E-state index contributed by atoms with van der Waals surface area (Å²) in [6.45, 7) is 13.2. The number of hydrogen-bond acceptors (Lipinski definition) is 1. The van der Waals surface area contributed by atoms with Crippen LogP contribution in [0, 0.1) is 23.2 Å². The standard InChI is InChI=1S/C27H44O/c1-20-11-12-22(21(2)19-20)13-14-23-9-8-18-27(5)24(15-16-25(23)27)10-6-7-17-26(3,4)28/h13-14,20,24-25,28H,2,6-12,15-19H2,1,3-5H3/b22-13+,23-14+. The highest BCUT2D eigenvalue weighted by Crippen LogP contribution is 2.58. The molecule has 28 heavy (non-hydrogen) atoms. The third-order valence-corrected chi connectivity index (χ3v) is 8.21. The second-order valence-corrected chi connectivity index (χ2v) is 11.1. The van der Waals surface area contributed by atoms with Crippen molar-refractivity contribution in [2.75, 3.05) is 0 Å². The maximum absolute atomic E-state index is 9.96. The lowest BCUT2D eigenvalue weighted by Crippen LogP contribution is -2.33. The Morgan fingerprint density at radius 1 is 1.14 bits per heavy atom. The molecule has 0 heterocycles. The number of allylic oxidation sites excluding steroid dienone is 5. The van der Waals surface area contributed by atoms with Crippen LogP contribution in [-0.2, 0) is 0 Å². The van der Waals surface area contributed by atoms with Gasteiger partial charge in [0.25, 0.3) is 0 Å². The molecule has 3 rings (SSSR count). The highest BCUT2D eigenvalue weighted by molar-refractivity contribution is 5.35. The van der Waals surface area contributed by atoms with Crippen molar-refractivity contribution < 1.29 is 5.11 Å². The minimum absolute atomic E-state index is 0.503. The van der Waals surface area contributed by atoms with Gasteiger partial charge in [0.15, 0.2) is 0 Å². The van der Waals surface area contributed by atoms with Gasteiger partial charge in [0.2, 0.25) is 0 Å². The number of rotatable bonds is 6. The van der Waals surface area contributed by atoms with Crippen molar-refractivity contribution in [3.63, 3.8) is 0 Å². The fourth-order valence-electron chi connectivity index (χ4n) is 6.41. The molecule has 158 valence electrons. The molecule has 0 amide bonds. The van der Waals surface area contributed by atoms with Gasteiger partial charge in [-0.2, -0.15) is 0 Å². The SMILES string of the molecule is C=C1CC(C)CC/C1=C\C=C1/CCCC2(C)C(CCCCC(C)(C)O)CCC12. The molecule has 0 saturated heterocycles. The van der Waals surface area contributed by atoms with E-state index in [0.717, 1.165) is 30.6 Å². The lowest BCUT2D eigenvalue weighted by molar-refractivity contribution is 0.0660. The Bertz CT molecular complexity index is 617. The van der Waals surface area contributed by atoms with Crippen LogP contribution >= 0.6 is 0 Å². The number of aliphatic hydroxyl groups is 1. The zero-order valence-electron chi connectivity index (χ0n) is 19.0. The largest absolute Gasteiger partial charge is 0.390 e. The van der Waals surface area contributed by atoms with E-state index in [1.165, 1.54) is 75.4 Å². The first kappa shape index (κ1) is 21.9. The van der Waals surface area contributed by atoms with Crippen LogP contribution in [0.5, 0.6) is 0 Å². The second kappa shape index (κ2) is 8.90. The molecule has 3 aliphatic rings. The molecule has 1 heteroatoms. The fraction of sp³-hybridized carbons (Fsp3) is 0.778. The van der Waals surface area contributed by atoms with E-state index in [1.54, 1.807) is 5.57 Å². The van der Waals surface area contributed by atoms with Crippen molar-refractivity contribution in [3.05, 3.63) is 35.5 Å². The summed E-state index contributed by atoms with van der Waals surface area (Å²) < 4.78 is 0. The summed E-state index contributed by atoms with van der Waals surface area (Å²) in [5.74, 6) is 2.48. The summed E-state index contributed by atoms with van der Waals surface area (Å²) in [6.07, 6.45) is 20.3. The van der Waals surface area contributed by atoms with E-state index in [9.17, 15) is 5.11 Å². The second-order valence-electron chi connectivity index (χ2n) is 11.1. The van der Waals surface area contributed by atoms with E-state index in [0.29, 0.717) is 5.41 Å². The molecule has 0 bridgehead atoms. The Balaban J connectivity index is 1.62. The van der Waals surface area contributed by atoms with Crippen LogP contribution in [0.2, 0.25) is 0 Å². The molecule has 0 aliphatic heterocycles. The summed E-state index contributed by atoms with van der Waals surface area (Å²) in [4.78, 5) is 0. The highest BCUT2D eigenvalue weighted by atomic mass is 16.3. The van der Waals surface area contributed by atoms with Crippen molar-refractivity contribution >= 4 is 0 Å². The summed E-state index contributed by atoms with van der Waals surface area (Å²) in [7, 11) is 0. The predicted molar refractivity (Wildman–Crippen MR) is 121 cm³/mol. The number of fused-ring (bicyclic) bond motifs is 1. The molecular weight excluding hydrogens is 340 g/mol. The van der Waals surface area contributed by atoms with Gasteiger partial charge in [-0.1, -0.05) is 56.6 Å². The Labute approximate surface area is 174 Å². The lowest BCUT2D eigenvalue weighted by atomic mass is 9.62. The van der Waals surface area contributed by atoms with E-state index in [1.807, 2.05) is 13.8 Å². The van der Waals surface area contributed by atoms with Crippen molar-refractivity contribution in [1.29, 1.82) is 0 Å². The predicted octanol–water partition coefficient (Wildman–Crippen LogP) is 7.76. The van der Waals surface area contributed by atoms with Gasteiger partial charge in [-0.25, -0.2) is 0 Å². The van der Waals surface area contributed by atoms with Gasteiger partial charge in [0.05, 0.1) is 5.60 Å². The molecule has 4 unspecified atom stereocenters. The first-order valence-corrected chi connectivity index (χ1v) is 12.0. The number of hydrogen-bond donors (Lipinski definition) is 1. The molecule has 0 aromatic carbocycles. The van der Waals surface area contributed by atoms with E-state index < -0.39 is 5.60 Å². The van der Waals surface area contributed by atoms with Crippen LogP contribution in [0.25, 0.3) is 0 Å². The van der Waals surface area contributed by atoms with Gasteiger partial charge in [-0.15, -0.1) is 0 Å². The maximum atomic E-state index is 9.96. The van der Waals surface area contributed by atoms with E-state index >= 15 is 0 Å². The van der Waals surface area contributed by atoms with Crippen molar-refractivity contribution in [2.24, 2.45) is 23.2 Å². The summed E-state index contributed by atoms with van der Waals surface area (Å²) in [6, 6.07) is 0. The zero-order chi connectivity index (χ0) is 20.4. The van der Waals surface area contributed by atoms with Gasteiger partial charge in [-0.05, 0) is 107 Å².